The molecule has 0 N–H and O–H groups in total. The van der Waals surface area contributed by atoms with Crippen molar-refractivity contribution in [3.05, 3.63) is 36.5 Å². The summed E-state index contributed by atoms with van der Waals surface area (Å²) < 4.78 is 0. The van der Waals surface area contributed by atoms with Gasteiger partial charge in [0.05, 0.1) is 5.52 Å². The van der Waals surface area contributed by atoms with Crippen molar-refractivity contribution < 1.29 is 44.3 Å². The molecule has 1 heterocycles. The van der Waals surface area contributed by atoms with Gasteiger partial charge in [0, 0.05) is 6.20 Å². The predicted octanol–water partition coefficient (Wildman–Crippen LogP) is -4.57. The maximum atomic E-state index is 11.1. The Labute approximate surface area is 102 Å². The third kappa shape index (κ3) is 2.53. The molecule has 0 aliphatic heterocycles. The number of pyridine rings is 1. The van der Waals surface area contributed by atoms with E-state index in [4.69, 9.17) is 0 Å². The van der Waals surface area contributed by atoms with Gasteiger partial charge in [-0.3, -0.25) is 4.98 Å². The fourth-order valence-electron chi connectivity index (χ4n) is 1.08. The first kappa shape index (κ1) is 12.6. The van der Waals surface area contributed by atoms with E-state index in [1.54, 1.807) is 12.3 Å². The molecule has 0 aliphatic carbocycles. The minimum absolute atomic E-state index is 0. The molecule has 0 saturated carbocycles. The van der Waals surface area contributed by atoms with Crippen molar-refractivity contribution >= 4 is 10.9 Å². The molecule has 0 fully saturated rings. The monoisotopic (exact) mass is 159 g/mol. The first-order valence-corrected chi connectivity index (χ1v) is 3.39. The average Bonchev–Trinajstić information content (AvgIpc) is 2.06. The van der Waals surface area contributed by atoms with Crippen molar-refractivity contribution in [2.24, 2.45) is 0 Å². The third-order valence-corrected chi connectivity index (χ3v) is 1.60. The number of hydrogen-bond donors (Lipinski definition) is 0. The van der Waals surface area contributed by atoms with Gasteiger partial charge in [-0.2, -0.15) is 0 Å². The van der Waals surface area contributed by atoms with Gasteiger partial charge in [0.1, 0.15) is 0 Å². The molecule has 13 heavy (non-hydrogen) atoms. The number of hydrogen-bond acceptors (Lipinski definition) is 2. The predicted molar refractivity (Wildman–Crippen MR) is 42.3 cm³/mol. The molecule has 56 valence electrons. The summed E-state index contributed by atoms with van der Waals surface area (Å²) >= 11 is 0. The van der Waals surface area contributed by atoms with E-state index >= 15 is 0 Å². The molecule has 2 aromatic rings. The molecule has 0 atom stereocenters. The van der Waals surface area contributed by atoms with Crippen LogP contribution in [0.3, 0.4) is 0 Å². The van der Waals surface area contributed by atoms with Crippen LogP contribution in [0.5, 0.6) is 5.75 Å². The summed E-state index contributed by atoms with van der Waals surface area (Å²) in [6.07, 6.45) is 1.63. The van der Waals surface area contributed by atoms with E-state index in [0.29, 0.717) is 5.52 Å². The van der Waals surface area contributed by atoms with Crippen molar-refractivity contribution in [1.29, 1.82) is 0 Å². The van der Waals surface area contributed by atoms with Gasteiger partial charge in [-0.1, -0.05) is 30.0 Å². The summed E-state index contributed by atoms with van der Waals surface area (Å²) in [7, 11) is 0. The van der Waals surface area contributed by atoms with Crippen LogP contribution in [0, 0.1) is 0 Å². The van der Waals surface area contributed by atoms with E-state index in [0.717, 1.165) is 5.39 Å². The number of fused-ring (bicyclic) bond motifs is 1. The number of benzene rings is 1. The van der Waals surface area contributed by atoms with Gasteiger partial charge in [-0.05, 0) is 11.5 Å². The summed E-state index contributed by atoms with van der Waals surface area (Å²) in [5.74, 6) is -0.0110. The van der Waals surface area contributed by atoms with Crippen molar-refractivity contribution in [2.75, 3.05) is 0 Å². The van der Waals surface area contributed by atoms with Gasteiger partial charge in [-0.25, -0.2) is 0 Å². The van der Waals surface area contributed by atoms with Crippen LogP contribution < -0.4 is 42.8 Å². The Balaban J connectivity index is 0. The van der Waals surface area contributed by atoms with E-state index in [9.17, 15) is 5.11 Å². The molecule has 0 aliphatic rings. The number of para-hydroxylation sites is 1. The van der Waals surface area contributed by atoms with Gasteiger partial charge in [0.15, 0.2) is 0 Å². The smallest absolute Gasteiger partial charge is 1.00 e. The van der Waals surface area contributed by atoms with Crippen LogP contribution in [-0.4, -0.2) is 4.98 Å². The summed E-state index contributed by atoms with van der Waals surface area (Å²) in [6, 6.07) is 8.84. The van der Waals surface area contributed by atoms with Crippen LogP contribution in [-0.2, 0) is 0 Å². The van der Waals surface area contributed by atoms with Gasteiger partial charge in [0.25, 0.3) is 0 Å². The second-order valence-electron chi connectivity index (χ2n) is 2.33. The van der Waals surface area contributed by atoms with Crippen LogP contribution in [0.4, 0.5) is 0 Å². The molecule has 4 heteroatoms. The van der Waals surface area contributed by atoms with E-state index in [2.05, 4.69) is 4.98 Å². The maximum absolute atomic E-state index is 11.1. The zero-order valence-electron chi connectivity index (χ0n) is 8.82. The average molecular weight is 159 g/mol. The van der Waals surface area contributed by atoms with Crippen LogP contribution in [0.25, 0.3) is 10.9 Å². The summed E-state index contributed by atoms with van der Waals surface area (Å²) in [5, 5.41) is 12.0. The minimum Gasteiger partial charge on any atom is -1.00 e. The van der Waals surface area contributed by atoms with Crippen molar-refractivity contribution in [3.8, 4) is 5.75 Å². The molecule has 1 aromatic carbocycles. The topological polar surface area (TPSA) is 36.0 Å². The Morgan fingerprint density at radius 2 is 1.77 bits per heavy atom. The molecule has 2 rings (SSSR count). The molecule has 0 bridgehead atoms. The summed E-state index contributed by atoms with van der Waals surface area (Å²) in [6.45, 7) is 0. The fourth-order valence-corrected chi connectivity index (χ4v) is 1.08. The van der Waals surface area contributed by atoms with Crippen LogP contribution in [0.1, 0.15) is 1.43 Å². The second-order valence-corrected chi connectivity index (χ2v) is 2.33. The quantitative estimate of drug-likeness (QED) is 0.363. The number of rotatable bonds is 0. The number of nitrogens with zero attached hydrogens (tertiary/aromatic N) is 1. The Hall–Kier alpha value is -0.375. The Bertz CT molecular complexity index is 392. The van der Waals surface area contributed by atoms with Crippen LogP contribution >= 0.6 is 0 Å². The third-order valence-electron chi connectivity index (χ3n) is 1.60. The van der Waals surface area contributed by atoms with Gasteiger partial charge >= 0.3 is 37.7 Å². The first-order chi connectivity index (χ1) is 5.38. The molecule has 0 unspecified atom stereocenters. The van der Waals surface area contributed by atoms with E-state index < -0.39 is 0 Å². The molecule has 0 radical (unpaired) electrons. The summed E-state index contributed by atoms with van der Waals surface area (Å²) in [5.41, 5.74) is 0.551. The maximum Gasteiger partial charge on any atom is 1.00 e. The van der Waals surface area contributed by atoms with E-state index in [1.807, 2.05) is 18.2 Å². The van der Waals surface area contributed by atoms with Gasteiger partial charge in [-0.15, -0.1) is 0 Å². The zero-order chi connectivity index (χ0) is 7.68. The van der Waals surface area contributed by atoms with Gasteiger partial charge < -0.3 is 6.53 Å². The SMILES string of the molecule is [H-].[Li+].[Li+].[O-]c1cccc2cccnc12. The van der Waals surface area contributed by atoms with Crippen molar-refractivity contribution in [1.82, 2.24) is 4.98 Å². The van der Waals surface area contributed by atoms with Gasteiger partial charge in [0.2, 0.25) is 0 Å². The van der Waals surface area contributed by atoms with E-state index in [1.165, 1.54) is 6.07 Å². The largest absolute Gasteiger partial charge is 1.00 e. The molecule has 0 spiro atoms. The van der Waals surface area contributed by atoms with Crippen LogP contribution in [0.15, 0.2) is 36.5 Å². The molecule has 0 amide bonds. The van der Waals surface area contributed by atoms with E-state index in [-0.39, 0.29) is 44.9 Å². The fraction of sp³-hybridized carbons (Fsp3) is 0. The standard InChI is InChI=1S/C9H7NO.2Li.H/c11-8-5-1-3-7-4-2-6-10-9(7)8;;;/h1-6,11H;;;/q;2*+1;-1/p-1. The number of aromatic nitrogens is 1. The van der Waals surface area contributed by atoms with Crippen LogP contribution in [0.2, 0.25) is 0 Å². The first-order valence-electron chi connectivity index (χ1n) is 3.39. The molecule has 1 aromatic heterocycles. The van der Waals surface area contributed by atoms with Crippen molar-refractivity contribution in [3.63, 3.8) is 0 Å². The van der Waals surface area contributed by atoms with Crippen molar-refractivity contribution in [2.45, 2.75) is 0 Å². The molecule has 0 saturated heterocycles. The molecular formula is C9H7Li2NO. The molecular weight excluding hydrogens is 152 g/mol. The molecule has 2 nitrogen and oxygen atoms in total. The zero-order valence-corrected chi connectivity index (χ0v) is 7.82. The minimum atomic E-state index is -0.0110. The normalized spacial score (nSPS) is 8.62. The Kier molecular flexibility index (Phi) is 5.22. The Morgan fingerprint density at radius 3 is 2.46 bits per heavy atom. The second kappa shape index (κ2) is 5.38. The summed E-state index contributed by atoms with van der Waals surface area (Å²) in [4.78, 5) is 3.97. The Morgan fingerprint density at radius 1 is 1.08 bits per heavy atom.